The van der Waals surface area contributed by atoms with E-state index in [1.807, 2.05) is 0 Å². The van der Waals surface area contributed by atoms with Crippen molar-refractivity contribution >= 4 is 17.1 Å². The fraction of sp³-hybridized carbons (Fsp3) is 0.0294. The van der Waals surface area contributed by atoms with Crippen molar-refractivity contribution in [2.24, 2.45) is 0 Å². The maximum absolute atomic E-state index is 2.45. The molecule has 0 saturated heterocycles. The summed E-state index contributed by atoms with van der Waals surface area (Å²) < 4.78 is 0. The van der Waals surface area contributed by atoms with Gasteiger partial charge < -0.3 is 4.90 Å². The Bertz CT molecular complexity index is 3560. The molecule has 0 spiro atoms. The predicted molar refractivity (Wildman–Crippen MR) is 287 cm³/mol. The Kier molecular flexibility index (Phi) is 9.70. The maximum Gasteiger partial charge on any atom is 0.0713 e. The van der Waals surface area contributed by atoms with Gasteiger partial charge in [-0.05, 0) is 120 Å². The zero-order valence-electron chi connectivity index (χ0n) is 38.1. The van der Waals surface area contributed by atoms with Crippen LogP contribution < -0.4 is 4.90 Å². The van der Waals surface area contributed by atoms with Crippen LogP contribution in [0.3, 0.4) is 0 Å². The third-order valence-electron chi connectivity index (χ3n) is 14.8. The van der Waals surface area contributed by atoms with E-state index in [0.29, 0.717) is 0 Å². The Morgan fingerprint density at radius 2 is 0.609 bits per heavy atom. The van der Waals surface area contributed by atoms with Crippen LogP contribution in [-0.2, 0) is 10.8 Å². The number of hydrogen-bond donors (Lipinski definition) is 0. The van der Waals surface area contributed by atoms with Crippen molar-refractivity contribution in [2.75, 3.05) is 4.90 Å². The van der Waals surface area contributed by atoms with Gasteiger partial charge in [0.1, 0.15) is 0 Å². The first-order valence-electron chi connectivity index (χ1n) is 24.0. The number of fused-ring (bicyclic) bond motifs is 6. The molecular weight excluding hydrogens is 831 g/mol. The highest BCUT2D eigenvalue weighted by atomic mass is 15.1. The first-order chi connectivity index (χ1) is 34.2. The second-order valence-corrected chi connectivity index (χ2v) is 18.3. The van der Waals surface area contributed by atoms with Crippen molar-refractivity contribution in [2.45, 2.75) is 10.8 Å². The van der Waals surface area contributed by atoms with Crippen LogP contribution in [0.4, 0.5) is 17.1 Å². The average molecular weight is 878 g/mol. The summed E-state index contributed by atoms with van der Waals surface area (Å²) >= 11 is 0. The van der Waals surface area contributed by atoms with Gasteiger partial charge in [-0.15, -0.1) is 0 Å². The highest BCUT2D eigenvalue weighted by molar-refractivity contribution is 5.94. The minimum atomic E-state index is -0.475. The summed E-state index contributed by atoms with van der Waals surface area (Å²) in [5.41, 5.74) is 22.4. The summed E-state index contributed by atoms with van der Waals surface area (Å²) in [4.78, 5) is 2.45. The maximum atomic E-state index is 2.45. The van der Waals surface area contributed by atoms with Gasteiger partial charge in [-0.1, -0.05) is 249 Å². The van der Waals surface area contributed by atoms with Crippen LogP contribution in [0.2, 0.25) is 0 Å². The lowest BCUT2D eigenvalue weighted by molar-refractivity contribution is 0.768. The SMILES string of the molecule is c1ccc(-c2ccccc2N(c2ccc(-c3ccc4c(c3)C(c3ccccc3)(c3ccccc3)c3ccccc3-4)cc2)c2ccc3c(c2)-c2ccccc2C3(c2ccccc2)c2ccccc2)cc1. The number of benzene rings is 11. The van der Waals surface area contributed by atoms with Crippen LogP contribution in [0.5, 0.6) is 0 Å². The largest absolute Gasteiger partial charge is 0.310 e. The molecule has 1 nitrogen and oxygen atoms in total. The normalized spacial score (nSPS) is 13.4. The summed E-state index contributed by atoms with van der Waals surface area (Å²) in [7, 11) is 0. The molecule has 0 unspecified atom stereocenters. The van der Waals surface area contributed by atoms with Crippen LogP contribution in [0.15, 0.2) is 285 Å². The van der Waals surface area contributed by atoms with E-state index in [0.717, 1.165) is 17.1 Å². The highest BCUT2D eigenvalue weighted by Crippen LogP contribution is 2.59. The molecule has 0 bridgehead atoms. The minimum Gasteiger partial charge on any atom is -0.310 e. The van der Waals surface area contributed by atoms with Crippen molar-refractivity contribution in [1.82, 2.24) is 0 Å². The van der Waals surface area contributed by atoms with E-state index in [9.17, 15) is 0 Å². The van der Waals surface area contributed by atoms with Gasteiger partial charge in [0.25, 0.3) is 0 Å². The van der Waals surface area contributed by atoms with Crippen molar-refractivity contribution in [3.05, 3.63) is 330 Å². The molecule has 0 fully saturated rings. The average Bonchev–Trinajstić information content (AvgIpc) is 3.90. The van der Waals surface area contributed by atoms with E-state index in [1.165, 1.54) is 89.0 Å². The van der Waals surface area contributed by atoms with E-state index in [4.69, 9.17) is 0 Å². The first-order valence-corrected chi connectivity index (χ1v) is 24.0. The molecule has 11 aromatic rings. The molecule has 0 saturated carbocycles. The fourth-order valence-electron chi connectivity index (χ4n) is 12.0. The second-order valence-electron chi connectivity index (χ2n) is 18.3. The van der Waals surface area contributed by atoms with Gasteiger partial charge in [0, 0.05) is 16.9 Å². The lowest BCUT2D eigenvalue weighted by Crippen LogP contribution is -2.28. The molecule has 11 aromatic carbocycles. The standard InChI is InChI=1S/C68H47N/c1-6-22-49(23-7-1)57-32-18-21-37-66(57)69(56-43-45-64-61(47-56)59-34-17-20-36-63(59)67(64,51-24-8-2-9-25-51)52-26-10-3-11-27-52)55-41-38-48(39-42-55)50-40-44-60-58-33-16-19-35-62(58)68(65(60)46-50,53-28-12-4-13-29-53)54-30-14-5-15-31-54/h1-47H. The molecule has 0 N–H and O–H groups in total. The van der Waals surface area contributed by atoms with Crippen molar-refractivity contribution < 1.29 is 0 Å². The number of para-hydroxylation sites is 1. The van der Waals surface area contributed by atoms with Crippen molar-refractivity contribution in [3.8, 4) is 44.5 Å². The first kappa shape index (κ1) is 40.5. The molecule has 13 rings (SSSR count). The smallest absolute Gasteiger partial charge is 0.0713 e. The summed E-state index contributed by atoms with van der Waals surface area (Å²) in [6, 6.07) is 105. The van der Waals surface area contributed by atoms with E-state index in [-0.39, 0.29) is 0 Å². The Labute approximate surface area is 404 Å². The minimum absolute atomic E-state index is 0.465. The summed E-state index contributed by atoms with van der Waals surface area (Å²) in [6.07, 6.45) is 0. The zero-order chi connectivity index (χ0) is 45.8. The third kappa shape index (κ3) is 6.24. The lowest BCUT2D eigenvalue weighted by Gasteiger charge is -2.34. The molecule has 324 valence electrons. The Morgan fingerprint density at radius 3 is 1.16 bits per heavy atom. The van der Waals surface area contributed by atoms with E-state index in [2.05, 4.69) is 290 Å². The van der Waals surface area contributed by atoms with Crippen LogP contribution in [-0.4, -0.2) is 0 Å². The molecule has 0 heterocycles. The van der Waals surface area contributed by atoms with E-state index < -0.39 is 10.8 Å². The van der Waals surface area contributed by atoms with Gasteiger partial charge in [-0.25, -0.2) is 0 Å². The molecule has 0 atom stereocenters. The molecule has 2 aliphatic rings. The van der Waals surface area contributed by atoms with Crippen LogP contribution in [0, 0.1) is 0 Å². The molecule has 69 heavy (non-hydrogen) atoms. The number of anilines is 3. The Balaban J connectivity index is 0.984. The molecule has 2 aliphatic carbocycles. The monoisotopic (exact) mass is 877 g/mol. The van der Waals surface area contributed by atoms with Crippen molar-refractivity contribution in [1.29, 1.82) is 0 Å². The molecular formula is C68H47N. The molecule has 1 heteroatoms. The summed E-state index contributed by atoms with van der Waals surface area (Å²) in [5.74, 6) is 0. The molecule has 0 aromatic heterocycles. The van der Waals surface area contributed by atoms with Gasteiger partial charge in [-0.3, -0.25) is 0 Å². The van der Waals surface area contributed by atoms with Gasteiger partial charge in [0.2, 0.25) is 0 Å². The molecule has 0 amide bonds. The highest BCUT2D eigenvalue weighted by Gasteiger charge is 2.47. The van der Waals surface area contributed by atoms with E-state index >= 15 is 0 Å². The van der Waals surface area contributed by atoms with Crippen molar-refractivity contribution in [3.63, 3.8) is 0 Å². The second kappa shape index (κ2) is 16.5. The van der Waals surface area contributed by atoms with Gasteiger partial charge in [0.15, 0.2) is 0 Å². The van der Waals surface area contributed by atoms with Crippen LogP contribution in [0.1, 0.15) is 44.5 Å². The number of rotatable bonds is 9. The van der Waals surface area contributed by atoms with Gasteiger partial charge in [0.05, 0.1) is 16.5 Å². The Morgan fingerprint density at radius 1 is 0.217 bits per heavy atom. The number of nitrogens with zero attached hydrogens (tertiary/aromatic N) is 1. The fourth-order valence-corrected chi connectivity index (χ4v) is 12.0. The topological polar surface area (TPSA) is 3.24 Å². The summed E-state index contributed by atoms with van der Waals surface area (Å²) in [6.45, 7) is 0. The quantitative estimate of drug-likeness (QED) is 0.140. The molecule has 0 aliphatic heterocycles. The third-order valence-corrected chi connectivity index (χ3v) is 14.8. The number of hydrogen-bond acceptors (Lipinski definition) is 1. The lowest BCUT2D eigenvalue weighted by atomic mass is 9.67. The van der Waals surface area contributed by atoms with Crippen LogP contribution in [0.25, 0.3) is 44.5 Å². The zero-order valence-corrected chi connectivity index (χ0v) is 38.1. The van der Waals surface area contributed by atoms with Crippen LogP contribution >= 0.6 is 0 Å². The Hall–Kier alpha value is -8.78. The van der Waals surface area contributed by atoms with Gasteiger partial charge in [-0.2, -0.15) is 0 Å². The van der Waals surface area contributed by atoms with E-state index in [1.54, 1.807) is 0 Å². The van der Waals surface area contributed by atoms with Gasteiger partial charge >= 0.3 is 0 Å². The predicted octanol–water partition coefficient (Wildman–Crippen LogP) is 17.2. The molecule has 0 radical (unpaired) electrons. The summed E-state index contributed by atoms with van der Waals surface area (Å²) in [5, 5.41) is 0.